The van der Waals surface area contributed by atoms with Gasteiger partial charge in [-0.05, 0) is 62.5 Å². The third kappa shape index (κ3) is 6.13. The Morgan fingerprint density at radius 2 is 2.00 bits per heavy atom. The monoisotopic (exact) mass is 360 g/mol. The molecule has 1 aliphatic heterocycles. The summed E-state index contributed by atoms with van der Waals surface area (Å²) in [6.45, 7) is 5.81. The van der Waals surface area contributed by atoms with E-state index < -0.39 is 6.10 Å². The van der Waals surface area contributed by atoms with E-state index in [1.54, 1.807) is 7.05 Å². The van der Waals surface area contributed by atoms with Crippen LogP contribution in [0.5, 0.6) is 5.75 Å². The highest BCUT2D eigenvalue weighted by Gasteiger charge is 2.21. The fourth-order valence-electron chi connectivity index (χ4n) is 3.48. The Morgan fingerprint density at radius 3 is 2.58 bits per heavy atom. The summed E-state index contributed by atoms with van der Waals surface area (Å²) in [6, 6.07) is 8.11. The molecular weight excluding hydrogens is 328 g/mol. The van der Waals surface area contributed by atoms with Gasteiger partial charge in [0.15, 0.2) is 6.10 Å². The number of nitrogens with zero attached hydrogens (tertiary/aromatic N) is 1. The average molecular weight is 360 g/mol. The van der Waals surface area contributed by atoms with E-state index in [2.05, 4.69) is 29.3 Å². The van der Waals surface area contributed by atoms with E-state index in [-0.39, 0.29) is 5.91 Å². The minimum absolute atomic E-state index is 0.199. The zero-order valence-electron chi connectivity index (χ0n) is 16.1. The number of aldehydes is 1. The van der Waals surface area contributed by atoms with Crippen molar-refractivity contribution in [3.8, 4) is 5.75 Å². The van der Waals surface area contributed by atoms with Gasteiger partial charge in [-0.15, -0.1) is 0 Å². The highest BCUT2D eigenvalue weighted by molar-refractivity contribution is 5.81. The normalized spacial score (nSPS) is 16.8. The molecule has 144 valence electrons. The summed E-state index contributed by atoms with van der Waals surface area (Å²) in [5.41, 5.74) is 1.34. The second-order valence-corrected chi connectivity index (χ2v) is 7.00. The first-order valence-electron chi connectivity index (χ1n) is 9.82. The molecule has 1 heterocycles. The molecular formula is C21H32N2O3. The van der Waals surface area contributed by atoms with Crippen molar-refractivity contribution in [2.75, 3.05) is 26.7 Å². The molecule has 1 unspecified atom stereocenters. The molecule has 5 nitrogen and oxygen atoms in total. The number of carbonyl (C=O) groups excluding carboxylic acids is 2. The Labute approximate surface area is 157 Å². The lowest BCUT2D eigenvalue weighted by Gasteiger charge is -2.32. The number of piperidine rings is 1. The second kappa shape index (κ2) is 11.0. The Hall–Kier alpha value is -1.88. The average Bonchev–Trinajstić information content (AvgIpc) is 2.70. The summed E-state index contributed by atoms with van der Waals surface area (Å²) in [5.74, 6) is 1.08. The highest BCUT2D eigenvalue weighted by Crippen LogP contribution is 2.29. The van der Waals surface area contributed by atoms with E-state index in [9.17, 15) is 9.59 Å². The number of rotatable bonds is 10. The standard InChI is InChI=1S/C21H32N2O3/c1-3-4-13-23-14-11-18(12-15-23)17-7-9-19(10-8-17)26-20(6-5-16-24)21(25)22-2/h7-10,16,18,20H,3-6,11-15H2,1-2H3,(H,22,25). The molecule has 0 saturated carbocycles. The van der Waals surface area contributed by atoms with Gasteiger partial charge in [0, 0.05) is 19.9 Å². The lowest BCUT2D eigenvalue weighted by Crippen LogP contribution is -2.36. The molecule has 1 atom stereocenters. The largest absolute Gasteiger partial charge is 0.481 e. The number of amides is 1. The molecule has 1 aromatic rings. The third-order valence-electron chi connectivity index (χ3n) is 5.13. The lowest BCUT2D eigenvalue weighted by atomic mass is 9.89. The maximum atomic E-state index is 11.9. The van der Waals surface area contributed by atoms with Crippen LogP contribution in [0.15, 0.2) is 24.3 Å². The van der Waals surface area contributed by atoms with E-state index in [0.717, 1.165) is 6.29 Å². The van der Waals surface area contributed by atoms with Crippen LogP contribution in [0.3, 0.4) is 0 Å². The van der Waals surface area contributed by atoms with Gasteiger partial charge in [-0.1, -0.05) is 25.5 Å². The first-order valence-corrected chi connectivity index (χ1v) is 9.82. The van der Waals surface area contributed by atoms with Crippen LogP contribution in [-0.4, -0.2) is 49.9 Å². The van der Waals surface area contributed by atoms with Crippen molar-refractivity contribution in [3.05, 3.63) is 29.8 Å². The molecule has 0 aliphatic carbocycles. The Bertz CT molecular complexity index is 551. The summed E-state index contributed by atoms with van der Waals surface area (Å²) in [7, 11) is 1.58. The second-order valence-electron chi connectivity index (χ2n) is 7.00. The van der Waals surface area contributed by atoms with Gasteiger partial charge >= 0.3 is 0 Å². The first kappa shape index (κ1) is 20.4. The molecule has 1 amide bonds. The van der Waals surface area contributed by atoms with Crippen LogP contribution in [0, 0.1) is 0 Å². The minimum atomic E-state index is -0.627. The highest BCUT2D eigenvalue weighted by atomic mass is 16.5. The number of carbonyl (C=O) groups is 2. The van der Waals surface area contributed by atoms with Crippen LogP contribution in [0.25, 0.3) is 0 Å². The predicted molar refractivity (Wildman–Crippen MR) is 104 cm³/mol. The lowest BCUT2D eigenvalue weighted by molar-refractivity contribution is -0.127. The summed E-state index contributed by atoms with van der Waals surface area (Å²) in [6.07, 6.45) is 5.83. The molecule has 5 heteroatoms. The zero-order valence-corrected chi connectivity index (χ0v) is 16.1. The number of unbranched alkanes of at least 4 members (excludes halogenated alkanes) is 1. The number of ether oxygens (including phenoxy) is 1. The number of likely N-dealkylation sites (tertiary alicyclic amines) is 1. The SMILES string of the molecule is CCCCN1CCC(c2ccc(OC(CCC=O)C(=O)NC)cc2)CC1. The van der Waals surface area contributed by atoms with Gasteiger partial charge in [0.25, 0.3) is 5.91 Å². The van der Waals surface area contributed by atoms with Gasteiger partial charge in [0.2, 0.25) is 0 Å². The Morgan fingerprint density at radius 1 is 1.31 bits per heavy atom. The maximum Gasteiger partial charge on any atom is 0.260 e. The van der Waals surface area contributed by atoms with E-state index >= 15 is 0 Å². The Kier molecular flexibility index (Phi) is 8.62. The molecule has 0 bridgehead atoms. The van der Waals surface area contributed by atoms with Gasteiger partial charge in [0.1, 0.15) is 12.0 Å². The first-order chi connectivity index (χ1) is 12.7. The van der Waals surface area contributed by atoms with Crippen molar-refractivity contribution >= 4 is 12.2 Å². The molecule has 1 aliphatic rings. The van der Waals surface area contributed by atoms with Crippen LogP contribution in [0.2, 0.25) is 0 Å². The molecule has 2 rings (SSSR count). The van der Waals surface area contributed by atoms with Crippen molar-refractivity contribution in [1.82, 2.24) is 10.2 Å². The van der Waals surface area contributed by atoms with Crippen LogP contribution in [-0.2, 0) is 9.59 Å². The van der Waals surface area contributed by atoms with Crippen molar-refractivity contribution in [2.45, 2.75) is 57.5 Å². The molecule has 1 aromatic carbocycles. The van der Waals surface area contributed by atoms with E-state index in [1.165, 1.54) is 50.9 Å². The van der Waals surface area contributed by atoms with E-state index in [0.29, 0.717) is 24.5 Å². The van der Waals surface area contributed by atoms with Crippen molar-refractivity contribution < 1.29 is 14.3 Å². The molecule has 0 spiro atoms. The summed E-state index contributed by atoms with van der Waals surface area (Å²) < 4.78 is 5.79. The number of likely N-dealkylation sites (N-methyl/N-ethyl adjacent to an activating group) is 1. The fourth-order valence-corrected chi connectivity index (χ4v) is 3.48. The smallest absolute Gasteiger partial charge is 0.260 e. The molecule has 26 heavy (non-hydrogen) atoms. The number of hydrogen-bond donors (Lipinski definition) is 1. The quantitative estimate of drug-likeness (QED) is 0.651. The number of hydrogen-bond acceptors (Lipinski definition) is 4. The third-order valence-corrected chi connectivity index (χ3v) is 5.13. The van der Waals surface area contributed by atoms with Gasteiger partial charge in [0.05, 0.1) is 0 Å². The van der Waals surface area contributed by atoms with Crippen molar-refractivity contribution in [1.29, 1.82) is 0 Å². The van der Waals surface area contributed by atoms with Gasteiger partial charge in [-0.2, -0.15) is 0 Å². The van der Waals surface area contributed by atoms with Crippen molar-refractivity contribution in [2.24, 2.45) is 0 Å². The van der Waals surface area contributed by atoms with Gasteiger partial charge in [-0.3, -0.25) is 4.79 Å². The van der Waals surface area contributed by atoms with Crippen LogP contribution >= 0.6 is 0 Å². The molecule has 1 fully saturated rings. The van der Waals surface area contributed by atoms with Gasteiger partial charge in [-0.25, -0.2) is 0 Å². The summed E-state index contributed by atoms with van der Waals surface area (Å²) in [5, 5.41) is 2.59. The van der Waals surface area contributed by atoms with E-state index in [1.807, 2.05) is 12.1 Å². The van der Waals surface area contributed by atoms with Crippen molar-refractivity contribution in [3.63, 3.8) is 0 Å². The van der Waals surface area contributed by atoms with E-state index in [4.69, 9.17) is 4.74 Å². The molecule has 1 N–H and O–H groups in total. The minimum Gasteiger partial charge on any atom is -0.481 e. The molecule has 1 saturated heterocycles. The zero-order chi connectivity index (χ0) is 18.8. The number of benzene rings is 1. The summed E-state index contributed by atoms with van der Waals surface area (Å²) in [4.78, 5) is 25.0. The van der Waals surface area contributed by atoms with Crippen LogP contribution in [0.1, 0.15) is 56.9 Å². The molecule has 0 aromatic heterocycles. The summed E-state index contributed by atoms with van der Waals surface area (Å²) >= 11 is 0. The predicted octanol–water partition coefficient (Wildman–Crippen LogP) is 3.14. The maximum absolute atomic E-state index is 11.9. The fraction of sp³-hybridized carbons (Fsp3) is 0.619. The van der Waals surface area contributed by atoms with Crippen LogP contribution in [0.4, 0.5) is 0 Å². The number of nitrogens with one attached hydrogen (secondary N) is 1. The Balaban J connectivity index is 1.89. The van der Waals surface area contributed by atoms with Crippen LogP contribution < -0.4 is 10.1 Å². The molecule has 0 radical (unpaired) electrons. The topological polar surface area (TPSA) is 58.6 Å². The van der Waals surface area contributed by atoms with Gasteiger partial charge < -0.3 is 19.7 Å².